The quantitative estimate of drug-likeness (QED) is 0.731. The number of ketones is 1. The summed E-state index contributed by atoms with van der Waals surface area (Å²) in [7, 11) is 0. The SMILES string of the molecule is CC(=O)c1nc2cc(F)c(C(C)C)cc2o1. The number of carbonyl (C=O) groups excluding carboxylic acids is 1. The predicted octanol–water partition coefficient (Wildman–Crippen LogP) is 3.29. The van der Waals surface area contributed by atoms with Crippen LogP contribution in [0.15, 0.2) is 16.5 Å². The molecule has 0 radical (unpaired) electrons. The van der Waals surface area contributed by atoms with Crippen molar-refractivity contribution in [3.8, 4) is 0 Å². The largest absolute Gasteiger partial charge is 0.434 e. The molecule has 0 aliphatic heterocycles. The molecular formula is C12H12FNO2. The normalized spacial score (nSPS) is 11.3. The summed E-state index contributed by atoms with van der Waals surface area (Å²) in [5, 5.41) is 0. The molecule has 0 spiro atoms. The van der Waals surface area contributed by atoms with E-state index in [1.54, 1.807) is 6.07 Å². The maximum absolute atomic E-state index is 13.6. The lowest BCUT2D eigenvalue weighted by Crippen LogP contribution is -1.92. The Kier molecular flexibility index (Phi) is 2.50. The first kappa shape index (κ1) is 10.8. The molecule has 0 unspecified atom stereocenters. The van der Waals surface area contributed by atoms with E-state index in [1.807, 2.05) is 13.8 Å². The zero-order valence-electron chi connectivity index (χ0n) is 9.37. The number of carbonyl (C=O) groups is 1. The number of fused-ring (bicyclic) bond motifs is 1. The fourth-order valence-corrected chi connectivity index (χ4v) is 1.56. The molecule has 0 amide bonds. The minimum Gasteiger partial charge on any atom is -0.434 e. The number of hydrogen-bond donors (Lipinski definition) is 0. The van der Waals surface area contributed by atoms with Crippen LogP contribution in [0.2, 0.25) is 0 Å². The predicted molar refractivity (Wildman–Crippen MR) is 58.1 cm³/mol. The van der Waals surface area contributed by atoms with Gasteiger partial charge in [-0.15, -0.1) is 0 Å². The van der Waals surface area contributed by atoms with Gasteiger partial charge in [0.25, 0.3) is 5.89 Å². The third-order valence-electron chi connectivity index (χ3n) is 2.43. The van der Waals surface area contributed by atoms with E-state index in [-0.39, 0.29) is 23.4 Å². The lowest BCUT2D eigenvalue weighted by molar-refractivity contribution is 0.0983. The van der Waals surface area contributed by atoms with Gasteiger partial charge in [0.15, 0.2) is 5.58 Å². The Balaban J connectivity index is 2.65. The van der Waals surface area contributed by atoms with Gasteiger partial charge in [0.1, 0.15) is 11.3 Å². The summed E-state index contributed by atoms with van der Waals surface area (Å²) in [5.74, 6) is -0.487. The van der Waals surface area contributed by atoms with Crippen molar-refractivity contribution in [3.63, 3.8) is 0 Å². The number of rotatable bonds is 2. The molecule has 0 atom stereocenters. The summed E-state index contributed by atoms with van der Waals surface area (Å²) in [5.41, 5.74) is 1.40. The molecule has 2 rings (SSSR count). The first-order valence-electron chi connectivity index (χ1n) is 5.10. The molecule has 0 bridgehead atoms. The Morgan fingerprint density at radius 3 is 2.69 bits per heavy atom. The smallest absolute Gasteiger partial charge is 0.263 e. The van der Waals surface area contributed by atoms with Crippen molar-refractivity contribution in [3.05, 3.63) is 29.4 Å². The third-order valence-corrected chi connectivity index (χ3v) is 2.43. The van der Waals surface area contributed by atoms with Crippen LogP contribution >= 0.6 is 0 Å². The van der Waals surface area contributed by atoms with Crippen molar-refractivity contribution in [2.24, 2.45) is 0 Å². The molecule has 4 heteroatoms. The maximum atomic E-state index is 13.6. The lowest BCUT2D eigenvalue weighted by Gasteiger charge is -2.05. The second-order valence-electron chi connectivity index (χ2n) is 4.07. The van der Waals surface area contributed by atoms with E-state index in [0.29, 0.717) is 16.7 Å². The second-order valence-corrected chi connectivity index (χ2v) is 4.07. The zero-order chi connectivity index (χ0) is 11.9. The molecule has 3 nitrogen and oxygen atoms in total. The molecule has 16 heavy (non-hydrogen) atoms. The van der Waals surface area contributed by atoms with Crippen LogP contribution < -0.4 is 0 Å². The van der Waals surface area contributed by atoms with Gasteiger partial charge in [0.05, 0.1) is 0 Å². The van der Waals surface area contributed by atoms with Crippen LogP contribution in [-0.2, 0) is 0 Å². The van der Waals surface area contributed by atoms with Gasteiger partial charge in [-0.3, -0.25) is 4.79 Å². The molecule has 0 N–H and O–H groups in total. The van der Waals surface area contributed by atoms with Crippen LogP contribution in [0.4, 0.5) is 4.39 Å². The molecular weight excluding hydrogens is 209 g/mol. The summed E-state index contributed by atoms with van der Waals surface area (Å²) in [6.45, 7) is 5.16. The Hall–Kier alpha value is -1.71. The van der Waals surface area contributed by atoms with Crippen molar-refractivity contribution >= 4 is 16.9 Å². The Labute approximate surface area is 92.3 Å². The van der Waals surface area contributed by atoms with Gasteiger partial charge in [-0.25, -0.2) is 9.37 Å². The summed E-state index contributed by atoms with van der Waals surface area (Å²) >= 11 is 0. The number of oxazole rings is 1. The molecule has 0 aliphatic carbocycles. The Morgan fingerprint density at radius 1 is 1.44 bits per heavy atom. The van der Waals surface area contributed by atoms with Gasteiger partial charge in [0, 0.05) is 13.0 Å². The van der Waals surface area contributed by atoms with Crippen LogP contribution in [0.3, 0.4) is 0 Å². The number of benzene rings is 1. The average molecular weight is 221 g/mol. The lowest BCUT2D eigenvalue weighted by atomic mass is 10.0. The number of Topliss-reactive ketones (excluding diaryl/α,β-unsaturated/α-hetero) is 1. The summed E-state index contributed by atoms with van der Waals surface area (Å²) in [6.07, 6.45) is 0. The number of aromatic nitrogens is 1. The average Bonchev–Trinajstić information content (AvgIpc) is 2.58. The van der Waals surface area contributed by atoms with E-state index in [0.717, 1.165) is 0 Å². The first-order chi connectivity index (χ1) is 7.49. The summed E-state index contributed by atoms with van der Waals surface area (Å²) in [6, 6.07) is 2.91. The molecule has 1 aromatic heterocycles. The molecule has 2 aromatic rings. The van der Waals surface area contributed by atoms with Crippen LogP contribution in [0, 0.1) is 5.82 Å². The number of nitrogens with zero attached hydrogens (tertiary/aromatic N) is 1. The molecule has 0 saturated carbocycles. The highest BCUT2D eigenvalue weighted by Gasteiger charge is 2.14. The van der Waals surface area contributed by atoms with Gasteiger partial charge < -0.3 is 4.42 Å². The van der Waals surface area contributed by atoms with E-state index in [2.05, 4.69) is 4.98 Å². The topological polar surface area (TPSA) is 43.1 Å². The second kappa shape index (κ2) is 3.70. The van der Waals surface area contributed by atoms with Gasteiger partial charge in [-0.2, -0.15) is 0 Å². The van der Waals surface area contributed by atoms with Crippen molar-refractivity contribution in [2.45, 2.75) is 26.7 Å². The first-order valence-corrected chi connectivity index (χ1v) is 5.10. The monoisotopic (exact) mass is 221 g/mol. The van der Waals surface area contributed by atoms with E-state index >= 15 is 0 Å². The highest BCUT2D eigenvalue weighted by Crippen LogP contribution is 2.25. The van der Waals surface area contributed by atoms with Crippen molar-refractivity contribution in [1.82, 2.24) is 4.98 Å². The van der Waals surface area contributed by atoms with Crippen LogP contribution in [0.1, 0.15) is 42.9 Å². The molecule has 0 aliphatic rings. The Bertz CT molecular complexity index is 557. The molecule has 0 fully saturated rings. The third kappa shape index (κ3) is 1.71. The van der Waals surface area contributed by atoms with Crippen molar-refractivity contribution in [1.29, 1.82) is 0 Å². The van der Waals surface area contributed by atoms with Gasteiger partial charge in [-0.1, -0.05) is 13.8 Å². The van der Waals surface area contributed by atoms with Crippen LogP contribution in [0.25, 0.3) is 11.1 Å². The van der Waals surface area contributed by atoms with Crippen molar-refractivity contribution in [2.75, 3.05) is 0 Å². The van der Waals surface area contributed by atoms with Crippen molar-refractivity contribution < 1.29 is 13.6 Å². The molecule has 84 valence electrons. The fourth-order valence-electron chi connectivity index (χ4n) is 1.56. The van der Waals surface area contributed by atoms with E-state index in [4.69, 9.17) is 4.42 Å². The minimum absolute atomic E-state index is 0.0234. The Morgan fingerprint density at radius 2 is 2.12 bits per heavy atom. The minimum atomic E-state index is -0.314. The maximum Gasteiger partial charge on any atom is 0.263 e. The van der Waals surface area contributed by atoms with Crippen LogP contribution in [-0.4, -0.2) is 10.8 Å². The fraction of sp³-hybridized carbons (Fsp3) is 0.333. The molecule has 1 aromatic carbocycles. The van der Waals surface area contributed by atoms with Gasteiger partial charge in [-0.05, 0) is 17.5 Å². The van der Waals surface area contributed by atoms with Gasteiger partial charge in [0.2, 0.25) is 5.78 Å². The van der Waals surface area contributed by atoms with E-state index < -0.39 is 0 Å². The highest BCUT2D eigenvalue weighted by molar-refractivity contribution is 5.92. The standard InChI is InChI=1S/C12H12FNO2/c1-6(2)8-4-11-10(5-9(8)13)14-12(16-11)7(3)15/h4-6H,1-3H3. The van der Waals surface area contributed by atoms with E-state index in [9.17, 15) is 9.18 Å². The van der Waals surface area contributed by atoms with Crippen LogP contribution in [0.5, 0.6) is 0 Å². The summed E-state index contributed by atoms with van der Waals surface area (Å²) < 4.78 is 18.9. The molecule has 0 saturated heterocycles. The number of halogens is 1. The number of hydrogen-bond acceptors (Lipinski definition) is 3. The van der Waals surface area contributed by atoms with E-state index in [1.165, 1.54) is 13.0 Å². The zero-order valence-corrected chi connectivity index (χ0v) is 9.37. The van der Waals surface area contributed by atoms with Gasteiger partial charge >= 0.3 is 0 Å². The molecule has 1 heterocycles. The summed E-state index contributed by atoms with van der Waals surface area (Å²) in [4.78, 5) is 15.0. The highest BCUT2D eigenvalue weighted by atomic mass is 19.1.